The number of nitriles is 1. The molecule has 0 amide bonds. The molecule has 0 fully saturated rings. The third-order valence-electron chi connectivity index (χ3n) is 2.55. The maximum atomic E-state index is 9.07. The van der Waals surface area contributed by atoms with Gasteiger partial charge >= 0.3 is 0 Å². The normalized spacial score (nSPS) is 13.3. The Morgan fingerprint density at radius 1 is 1.27 bits per heavy atom. The van der Waals surface area contributed by atoms with E-state index in [-0.39, 0.29) is 0 Å². The Labute approximate surface area is 92.9 Å². The topological polar surface area (TPSA) is 35.8 Å². The predicted octanol–water partition coefficient (Wildman–Crippen LogP) is 2.70. The van der Waals surface area contributed by atoms with Crippen LogP contribution in [0.15, 0.2) is 24.3 Å². The number of benzene rings is 1. The van der Waals surface area contributed by atoms with E-state index in [0.717, 1.165) is 11.1 Å². The summed E-state index contributed by atoms with van der Waals surface area (Å²) in [7, 11) is 0.632. The van der Waals surface area contributed by atoms with Crippen LogP contribution in [0.25, 0.3) is 0 Å². The molecular formula is C12H18N2Si. The highest BCUT2D eigenvalue weighted by Gasteiger charge is 2.28. The minimum absolute atomic E-state index is 0.341. The molecule has 2 nitrogen and oxygen atoms in total. The van der Waals surface area contributed by atoms with Crippen LogP contribution in [0, 0.1) is 11.3 Å². The molecule has 0 saturated heterocycles. The SMILES string of the molecule is CNC(c1ccccc1C#N)[Si](C)(C)C. The molecule has 80 valence electrons. The molecule has 0 heterocycles. The molecule has 0 aromatic heterocycles. The largest absolute Gasteiger partial charge is 0.316 e. The van der Waals surface area contributed by atoms with Gasteiger partial charge in [-0.25, -0.2) is 0 Å². The Hall–Kier alpha value is -1.11. The van der Waals surface area contributed by atoms with Gasteiger partial charge in [0.1, 0.15) is 0 Å². The summed E-state index contributed by atoms with van der Waals surface area (Å²) in [5, 5.41) is 12.4. The van der Waals surface area contributed by atoms with Crippen molar-refractivity contribution < 1.29 is 0 Å². The quantitative estimate of drug-likeness (QED) is 0.792. The van der Waals surface area contributed by atoms with Crippen molar-refractivity contribution in [2.75, 3.05) is 7.05 Å². The molecule has 0 aliphatic heterocycles. The minimum atomic E-state index is -1.34. The highest BCUT2D eigenvalue weighted by Crippen LogP contribution is 2.26. The lowest BCUT2D eigenvalue weighted by Crippen LogP contribution is -2.39. The number of nitrogens with zero attached hydrogens (tertiary/aromatic N) is 1. The van der Waals surface area contributed by atoms with Crippen LogP contribution in [0.2, 0.25) is 19.6 Å². The monoisotopic (exact) mass is 218 g/mol. The molecule has 1 aromatic rings. The molecule has 1 unspecified atom stereocenters. The second-order valence-electron chi connectivity index (χ2n) is 4.79. The first-order chi connectivity index (χ1) is 7.00. The molecule has 1 rings (SSSR count). The van der Waals surface area contributed by atoms with Gasteiger partial charge in [-0.15, -0.1) is 0 Å². The fraction of sp³-hybridized carbons (Fsp3) is 0.417. The summed E-state index contributed by atoms with van der Waals surface area (Å²) in [5.74, 6) is 0. The van der Waals surface area contributed by atoms with Crippen molar-refractivity contribution in [2.45, 2.75) is 25.3 Å². The van der Waals surface area contributed by atoms with Crippen LogP contribution < -0.4 is 5.32 Å². The summed E-state index contributed by atoms with van der Waals surface area (Å²) in [4.78, 5) is 0. The van der Waals surface area contributed by atoms with Crippen molar-refractivity contribution in [2.24, 2.45) is 0 Å². The van der Waals surface area contributed by atoms with E-state index in [1.807, 2.05) is 25.2 Å². The van der Waals surface area contributed by atoms with Gasteiger partial charge < -0.3 is 5.32 Å². The summed E-state index contributed by atoms with van der Waals surface area (Å²) in [6.45, 7) is 6.92. The molecule has 0 spiro atoms. The van der Waals surface area contributed by atoms with Gasteiger partial charge in [0.2, 0.25) is 0 Å². The van der Waals surface area contributed by atoms with Crippen LogP contribution >= 0.6 is 0 Å². The molecular weight excluding hydrogens is 200 g/mol. The van der Waals surface area contributed by atoms with Gasteiger partial charge in [0.25, 0.3) is 0 Å². The van der Waals surface area contributed by atoms with E-state index < -0.39 is 8.07 Å². The van der Waals surface area contributed by atoms with Gasteiger partial charge in [-0.3, -0.25) is 0 Å². The highest BCUT2D eigenvalue weighted by molar-refractivity contribution is 6.77. The predicted molar refractivity (Wildman–Crippen MR) is 66.3 cm³/mol. The summed E-state index contributed by atoms with van der Waals surface area (Å²) < 4.78 is 0. The maximum absolute atomic E-state index is 9.07. The van der Waals surface area contributed by atoms with E-state index in [1.165, 1.54) is 0 Å². The maximum Gasteiger partial charge on any atom is 0.0995 e. The van der Waals surface area contributed by atoms with E-state index in [2.05, 4.69) is 37.1 Å². The van der Waals surface area contributed by atoms with Gasteiger partial charge in [0.15, 0.2) is 0 Å². The lowest BCUT2D eigenvalue weighted by Gasteiger charge is -2.29. The minimum Gasteiger partial charge on any atom is -0.316 e. The Balaban J connectivity index is 3.19. The first-order valence-corrected chi connectivity index (χ1v) is 8.74. The first kappa shape index (κ1) is 12.0. The molecule has 1 aromatic carbocycles. The van der Waals surface area contributed by atoms with Crippen molar-refractivity contribution in [3.05, 3.63) is 35.4 Å². The summed E-state index contributed by atoms with van der Waals surface area (Å²) in [5.41, 5.74) is 2.27. The van der Waals surface area contributed by atoms with E-state index >= 15 is 0 Å². The van der Waals surface area contributed by atoms with Crippen LogP contribution in [0.4, 0.5) is 0 Å². The summed E-state index contributed by atoms with van der Waals surface area (Å²) >= 11 is 0. The van der Waals surface area contributed by atoms with Gasteiger partial charge in [0, 0.05) is 5.67 Å². The van der Waals surface area contributed by atoms with Crippen molar-refractivity contribution in [3.8, 4) is 6.07 Å². The van der Waals surface area contributed by atoms with Gasteiger partial charge in [-0.05, 0) is 18.7 Å². The van der Waals surface area contributed by atoms with E-state index in [9.17, 15) is 0 Å². The smallest absolute Gasteiger partial charge is 0.0995 e. The molecule has 0 saturated carbocycles. The molecule has 0 aliphatic carbocycles. The number of hydrogen-bond donors (Lipinski definition) is 1. The van der Waals surface area contributed by atoms with Crippen LogP contribution in [0.3, 0.4) is 0 Å². The van der Waals surface area contributed by atoms with Crippen LogP contribution in [-0.4, -0.2) is 15.1 Å². The fourth-order valence-electron chi connectivity index (χ4n) is 1.91. The standard InChI is InChI=1S/C12H18N2Si/c1-14-12(15(2,3)4)11-8-6-5-7-10(11)9-13/h5-8,12,14H,1-4H3. The molecule has 15 heavy (non-hydrogen) atoms. The Kier molecular flexibility index (Phi) is 3.67. The number of hydrogen-bond acceptors (Lipinski definition) is 2. The zero-order valence-electron chi connectivity index (χ0n) is 9.83. The Morgan fingerprint density at radius 3 is 2.33 bits per heavy atom. The van der Waals surface area contributed by atoms with Gasteiger partial charge in [-0.1, -0.05) is 37.8 Å². The lowest BCUT2D eigenvalue weighted by atomic mass is 10.1. The first-order valence-electron chi connectivity index (χ1n) is 5.17. The number of rotatable bonds is 3. The van der Waals surface area contributed by atoms with Crippen molar-refractivity contribution in [3.63, 3.8) is 0 Å². The molecule has 0 bridgehead atoms. The van der Waals surface area contributed by atoms with E-state index in [0.29, 0.717) is 5.67 Å². The van der Waals surface area contributed by atoms with Gasteiger partial charge in [0.05, 0.1) is 19.7 Å². The summed E-state index contributed by atoms with van der Waals surface area (Å²) in [6.07, 6.45) is 0. The fourth-order valence-corrected chi connectivity index (χ4v) is 3.96. The van der Waals surface area contributed by atoms with E-state index in [1.54, 1.807) is 0 Å². The van der Waals surface area contributed by atoms with Gasteiger partial charge in [-0.2, -0.15) is 5.26 Å². The van der Waals surface area contributed by atoms with Crippen LogP contribution in [0.1, 0.15) is 16.8 Å². The Bertz CT molecular complexity index is 374. The second kappa shape index (κ2) is 4.60. The third kappa shape index (κ3) is 2.68. The zero-order valence-corrected chi connectivity index (χ0v) is 10.8. The number of nitrogens with one attached hydrogen (secondary N) is 1. The lowest BCUT2D eigenvalue weighted by molar-refractivity contribution is 0.749. The van der Waals surface area contributed by atoms with E-state index in [4.69, 9.17) is 5.26 Å². The average molecular weight is 218 g/mol. The molecule has 1 atom stereocenters. The third-order valence-corrected chi connectivity index (χ3v) is 4.88. The average Bonchev–Trinajstić information content (AvgIpc) is 2.17. The zero-order chi connectivity index (χ0) is 11.5. The van der Waals surface area contributed by atoms with Crippen molar-refractivity contribution in [1.29, 1.82) is 5.26 Å². The molecule has 0 radical (unpaired) electrons. The van der Waals surface area contributed by atoms with Crippen LogP contribution in [-0.2, 0) is 0 Å². The summed E-state index contributed by atoms with van der Waals surface area (Å²) in [6, 6.07) is 10.1. The molecule has 0 aliphatic rings. The molecule has 1 N–H and O–H groups in total. The van der Waals surface area contributed by atoms with Crippen molar-refractivity contribution >= 4 is 8.07 Å². The highest BCUT2D eigenvalue weighted by atomic mass is 28.3. The van der Waals surface area contributed by atoms with Crippen LogP contribution in [0.5, 0.6) is 0 Å². The second-order valence-corrected chi connectivity index (χ2v) is 10.1. The Morgan fingerprint density at radius 2 is 1.87 bits per heavy atom. The van der Waals surface area contributed by atoms with Crippen molar-refractivity contribution in [1.82, 2.24) is 5.32 Å². The molecule has 3 heteroatoms.